The van der Waals surface area contributed by atoms with Gasteiger partial charge in [-0.05, 0) is 25.7 Å². The SMILES string of the molecule is Cc1oncc1C(=O)N(C)C(CN)C1CC1. The van der Waals surface area contributed by atoms with Crippen LogP contribution in [-0.4, -0.2) is 35.6 Å². The van der Waals surface area contributed by atoms with Crippen molar-refractivity contribution in [2.75, 3.05) is 13.6 Å². The molecule has 1 aromatic heterocycles. The third kappa shape index (κ3) is 1.95. The predicted molar refractivity (Wildman–Crippen MR) is 58.9 cm³/mol. The average molecular weight is 223 g/mol. The summed E-state index contributed by atoms with van der Waals surface area (Å²) in [6, 6.07) is 0.141. The van der Waals surface area contributed by atoms with Crippen LogP contribution in [0.5, 0.6) is 0 Å². The first-order chi connectivity index (χ1) is 7.65. The van der Waals surface area contributed by atoms with E-state index in [1.54, 1.807) is 18.9 Å². The molecular weight excluding hydrogens is 206 g/mol. The number of aryl methyl sites for hydroxylation is 1. The Hall–Kier alpha value is -1.36. The van der Waals surface area contributed by atoms with Crippen LogP contribution in [0.2, 0.25) is 0 Å². The highest BCUT2D eigenvalue weighted by atomic mass is 16.5. The van der Waals surface area contributed by atoms with Gasteiger partial charge < -0.3 is 15.2 Å². The molecule has 0 bridgehead atoms. The van der Waals surface area contributed by atoms with Crippen molar-refractivity contribution in [2.24, 2.45) is 11.7 Å². The van der Waals surface area contributed by atoms with Crippen LogP contribution in [0.4, 0.5) is 0 Å². The molecule has 1 aromatic rings. The van der Waals surface area contributed by atoms with Crippen LogP contribution in [-0.2, 0) is 0 Å². The van der Waals surface area contributed by atoms with E-state index in [1.807, 2.05) is 0 Å². The third-order valence-electron chi connectivity index (χ3n) is 3.21. The molecule has 1 atom stereocenters. The second kappa shape index (κ2) is 4.25. The van der Waals surface area contributed by atoms with E-state index in [2.05, 4.69) is 5.16 Å². The Balaban J connectivity index is 2.11. The molecule has 16 heavy (non-hydrogen) atoms. The first-order valence-corrected chi connectivity index (χ1v) is 5.53. The number of carbonyl (C=O) groups is 1. The molecule has 1 amide bonds. The van der Waals surface area contributed by atoms with Gasteiger partial charge in [-0.3, -0.25) is 4.79 Å². The fraction of sp³-hybridized carbons (Fsp3) is 0.636. The first kappa shape index (κ1) is 11.1. The number of nitrogens with two attached hydrogens (primary N) is 1. The Bertz CT molecular complexity index is 384. The van der Waals surface area contributed by atoms with Crippen LogP contribution < -0.4 is 5.73 Å². The lowest BCUT2D eigenvalue weighted by atomic mass is 10.1. The highest BCUT2D eigenvalue weighted by molar-refractivity contribution is 5.94. The summed E-state index contributed by atoms with van der Waals surface area (Å²) >= 11 is 0. The van der Waals surface area contributed by atoms with Crippen LogP contribution >= 0.6 is 0 Å². The van der Waals surface area contributed by atoms with Gasteiger partial charge in [-0.25, -0.2) is 0 Å². The van der Waals surface area contributed by atoms with Gasteiger partial charge in [0.25, 0.3) is 5.91 Å². The summed E-state index contributed by atoms with van der Waals surface area (Å²) in [5.74, 6) is 1.07. The molecule has 0 radical (unpaired) electrons. The molecule has 5 heteroatoms. The molecule has 2 N–H and O–H groups in total. The first-order valence-electron chi connectivity index (χ1n) is 5.53. The average Bonchev–Trinajstić information content (AvgIpc) is 3.01. The summed E-state index contributed by atoms with van der Waals surface area (Å²) in [6.07, 6.45) is 3.80. The minimum Gasteiger partial charge on any atom is -0.361 e. The fourth-order valence-electron chi connectivity index (χ4n) is 1.99. The predicted octanol–water partition coefficient (Wildman–Crippen LogP) is 0.792. The molecule has 1 fully saturated rings. The fourth-order valence-corrected chi connectivity index (χ4v) is 1.99. The van der Waals surface area contributed by atoms with Crippen LogP contribution in [0.1, 0.15) is 29.0 Å². The Morgan fingerprint density at radius 1 is 1.75 bits per heavy atom. The molecule has 5 nitrogen and oxygen atoms in total. The summed E-state index contributed by atoms with van der Waals surface area (Å²) in [5, 5.41) is 3.62. The van der Waals surface area contributed by atoms with E-state index in [4.69, 9.17) is 10.3 Å². The van der Waals surface area contributed by atoms with E-state index >= 15 is 0 Å². The monoisotopic (exact) mass is 223 g/mol. The maximum Gasteiger partial charge on any atom is 0.259 e. The van der Waals surface area contributed by atoms with Crippen molar-refractivity contribution in [1.29, 1.82) is 0 Å². The molecule has 2 rings (SSSR count). The highest BCUT2D eigenvalue weighted by Crippen LogP contribution is 2.35. The van der Waals surface area contributed by atoms with Crippen LogP contribution in [0.3, 0.4) is 0 Å². The van der Waals surface area contributed by atoms with E-state index in [0.29, 0.717) is 23.8 Å². The van der Waals surface area contributed by atoms with Crippen molar-refractivity contribution in [3.63, 3.8) is 0 Å². The van der Waals surface area contributed by atoms with Crippen LogP contribution in [0.15, 0.2) is 10.7 Å². The zero-order chi connectivity index (χ0) is 11.7. The lowest BCUT2D eigenvalue weighted by molar-refractivity contribution is 0.0717. The number of hydrogen-bond donors (Lipinski definition) is 1. The Kier molecular flexibility index (Phi) is 2.96. The topological polar surface area (TPSA) is 72.4 Å². The maximum absolute atomic E-state index is 12.1. The van der Waals surface area contributed by atoms with Gasteiger partial charge in [0, 0.05) is 19.6 Å². The second-order valence-corrected chi connectivity index (χ2v) is 4.35. The lowest BCUT2D eigenvalue weighted by Crippen LogP contribution is -2.43. The Morgan fingerprint density at radius 3 is 2.88 bits per heavy atom. The molecule has 1 saturated carbocycles. The van der Waals surface area contributed by atoms with Crippen LogP contribution in [0, 0.1) is 12.8 Å². The summed E-state index contributed by atoms with van der Waals surface area (Å²) in [5.41, 5.74) is 6.24. The van der Waals surface area contributed by atoms with E-state index < -0.39 is 0 Å². The largest absolute Gasteiger partial charge is 0.361 e. The van der Waals surface area contributed by atoms with Gasteiger partial charge in [-0.15, -0.1) is 0 Å². The molecule has 1 heterocycles. The number of rotatable bonds is 4. The molecule has 88 valence electrons. The molecule has 1 aliphatic carbocycles. The van der Waals surface area contributed by atoms with Crippen molar-refractivity contribution < 1.29 is 9.32 Å². The number of likely N-dealkylation sites (N-methyl/N-ethyl adjacent to an activating group) is 1. The standard InChI is InChI=1S/C11H17N3O2/c1-7-9(6-13-16-7)11(15)14(2)10(5-12)8-3-4-8/h6,8,10H,3-5,12H2,1-2H3. The molecule has 0 aromatic carbocycles. The molecule has 0 aliphatic heterocycles. The summed E-state index contributed by atoms with van der Waals surface area (Å²) < 4.78 is 4.90. The van der Waals surface area contributed by atoms with Gasteiger partial charge >= 0.3 is 0 Å². The minimum absolute atomic E-state index is 0.0545. The van der Waals surface area contributed by atoms with Gasteiger partial charge in [-0.2, -0.15) is 0 Å². The van der Waals surface area contributed by atoms with Crippen molar-refractivity contribution >= 4 is 5.91 Å². The molecule has 1 unspecified atom stereocenters. The highest BCUT2D eigenvalue weighted by Gasteiger charge is 2.35. The second-order valence-electron chi connectivity index (χ2n) is 4.35. The molecule has 1 aliphatic rings. The van der Waals surface area contributed by atoms with Crippen molar-refractivity contribution in [3.05, 3.63) is 17.5 Å². The minimum atomic E-state index is -0.0545. The van der Waals surface area contributed by atoms with Gasteiger partial charge in [0.05, 0.1) is 6.20 Å². The number of hydrogen-bond acceptors (Lipinski definition) is 4. The zero-order valence-electron chi connectivity index (χ0n) is 9.64. The maximum atomic E-state index is 12.1. The zero-order valence-corrected chi connectivity index (χ0v) is 9.64. The molecule has 0 saturated heterocycles. The van der Waals surface area contributed by atoms with Gasteiger partial charge in [-0.1, -0.05) is 5.16 Å². The van der Waals surface area contributed by atoms with Gasteiger partial charge in [0.15, 0.2) is 0 Å². The van der Waals surface area contributed by atoms with Crippen molar-refractivity contribution in [3.8, 4) is 0 Å². The quantitative estimate of drug-likeness (QED) is 0.819. The number of nitrogens with zero attached hydrogens (tertiary/aromatic N) is 2. The smallest absolute Gasteiger partial charge is 0.259 e. The van der Waals surface area contributed by atoms with E-state index in [1.165, 1.54) is 19.0 Å². The van der Waals surface area contributed by atoms with Gasteiger partial charge in [0.1, 0.15) is 11.3 Å². The van der Waals surface area contributed by atoms with Crippen molar-refractivity contribution in [1.82, 2.24) is 10.1 Å². The van der Waals surface area contributed by atoms with E-state index in [-0.39, 0.29) is 11.9 Å². The van der Waals surface area contributed by atoms with Crippen LogP contribution in [0.25, 0.3) is 0 Å². The summed E-state index contributed by atoms with van der Waals surface area (Å²) in [7, 11) is 1.80. The Labute approximate surface area is 94.6 Å². The number of aromatic nitrogens is 1. The van der Waals surface area contributed by atoms with E-state index in [9.17, 15) is 4.79 Å². The summed E-state index contributed by atoms with van der Waals surface area (Å²) in [4.78, 5) is 13.8. The Morgan fingerprint density at radius 2 is 2.44 bits per heavy atom. The van der Waals surface area contributed by atoms with Gasteiger partial charge in [0.2, 0.25) is 0 Å². The molecule has 0 spiro atoms. The number of carbonyl (C=O) groups excluding carboxylic acids is 1. The normalized spacial score (nSPS) is 17.2. The molecular formula is C11H17N3O2. The van der Waals surface area contributed by atoms with E-state index in [0.717, 1.165) is 0 Å². The number of amides is 1. The summed E-state index contributed by atoms with van der Waals surface area (Å²) in [6.45, 7) is 2.25. The van der Waals surface area contributed by atoms with Crippen molar-refractivity contribution in [2.45, 2.75) is 25.8 Å². The lowest BCUT2D eigenvalue weighted by Gasteiger charge is -2.26. The third-order valence-corrected chi connectivity index (χ3v) is 3.21.